The highest BCUT2D eigenvalue weighted by atomic mass is 32.1. The average molecular weight is 288 g/mol. The zero-order chi connectivity index (χ0) is 14.4. The Morgan fingerprint density at radius 1 is 1.45 bits per heavy atom. The number of thiophene rings is 1. The molecule has 0 aliphatic rings. The van der Waals surface area contributed by atoms with Crippen LogP contribution in [0.4, 0.5) is 5.69 Å². The van der Waals surface area contributed by atoms with Gasteiger partial charge in [-0.3, -0.25) is 4.79 Å². The molecule has 0 atom stereocenters. The van der Waals surface area contributed by atoms with Gasteiger partial charge in [-0.2, -0.15) is 5.26 Å². The van der Waals surface area contributed by atoms with Crippen molar-refractivity contribution in [3.05, 3.63) is 40.6 Å². The molecule has 1 amide bonds. The van der Waals surface area contributed by atoms with Gasteiger partial charge in [-0.1, -0.05) is 12.1 Å². The van der Waals surface area contributed by atoms with Gasteiger partial charge in [0.25, 0.3) is 5.91 Å². The molecule has 1 N–H and O–H groups in total. The number of hydrogen-bond donors (Lipinski definition) is 1. The van der Waals surface area contributed by atoms with Gasteiger partial charge in [0, 0.05) is 11.4 Å². The molecule has 0 aliphatic heterocycles. The number of hydrogen-bond acceptors (Lipinski definition) is 5. The van der Waals surface area contributed by atoms with Crippen molar-refractivity contribution in [2.75, 3.05) is 19.0 Å². The molecule has 0 bridgehead atoms. The van der Waals surface area contributed by atoms with Crippen LogP contribution in [0, 0.1) is 11.3 Å². The van der Waals surface area contributed by atoms with Crippen molar-refractivity contribution in [2.45, 2.75) is 0 Å². The normalized spacial score (nSPS) is 9.60. The van der Waals surface area contributed by atoms with Crippen LogP contribution in [0.5, 0.6) is 11.5 Å². The van der Waals surface area contributed by atoms with E-state index >= 15 is 0 Å². The van der Waals surface area contributed by atoms with E-state index in [-0.39, 0.29) is 12.5 Å². The van der Waals surface area contributed by atoms with Crippen molar-refractivity contribution in [3.8, 4) is 17.6 Å². The van der Waals surface area contributed by atoms with Gasteiger partial charge in [0.05, 0.1) is 17.7 Å². The number of methoxy groups -OCH3 is 1. The summed E-state index contributed by atoms with van der Waals surface area (Å²) in [6.07, 6.45) is 0. The fraction of sp³-hybridized carbons (Fsp3) is 0.143. The first-order valence-electron chi connectivity index (χ1n) is 5.77. The molecule has 0 aliphatic carbocycles. The quantitative estimate of drug-likeness (QED) is 0.918. The van der Waals surface area contributed by atoms with Gasteiger partial charge in [-0.15, -0.1) is 11.3 Å². The average Bonchev–Trinajstić information content (AvgIpc) is 2.95. The Labute approximate surface area is 120 Å². The summed E-state index contributed by atoms with van der Waals surface area (Å²) in [5.41, 5.74) is 0.528. The first-order valence-corrected chi connectivity index (χ1v) is 6.65. The van der Waals surface area contributed by atoms with Crippen LogP contribution in [0.15, 0.2) is 35.7 Å². The van der Waals surface area contributed by atoms with E-state index < -0.39 is 0 Å². The molecule has 1 heterocycles. The van der Waals surface area contributed by atoms with Gasteiger partial charge in [0.1, 0.15) is 17.6 Å². The highest BCUT2D eigenvalue weighted by Crippen LogP contribution is 2.26. The van der Waals surface area contributed by atoms with Crippen molar-refractivity contribution < 1.29 is 14.3 Å². The lowest BCUT2D eigenvalue weighted by atomic mass is 10.3. The van der Waals surface area contributed by atoms with Crippen LogP contribution >= 0.6 is 11.3 Å². The lowest BCUT2D eigenvalue weighted by Gasteiger charge is -2.09. The molecule has 0 fully saturated rings. The van der Waals surface area contributed by atoms with Crippen molar-refractivity contribution in [3.63, 3.8) is 0 Å². The van der Waals surface area contributed by atoms with Crippen molar-refractivity contribution >= 4 is 22.9 Å². The molecule has 102 valence electrons. The van der Waals surface area contributed by atoms with Crippen LogP contribution in [0.2, 0.25) is 0 Å². The molecule has 20 heavy (non-hydrogen) atoms. The number of amides is 1. The largest absolute Gasteiger partial charge is 0.496 e. The summed E-state index contributed by atoms with van der Waals surface area (Å²) in [5, 5.41) is 13.0. The van der Waals surface area contributed by atoms with E-state index in [1.807, 2.05) is 6.07 Å². The Kier molecular flexibility index (Phi) is 4.58. The third kappa shape index (κ3) is 3.28. The summed E-state index contributed by atoms with van der Waals surface area (Å²) in [6.45, 7) is -0.0697. The van der Waals surface area contributed by atoms with Gasteiger partial charge in [0.2, 0.25) is 0 Å². The van der Waals surface area contributed by atoms with E-state index in [2.05, 4.69) is 5.32 Å². The third-order valence-corrected chi connectivity index (χ3v) is 3.37. The molecule has 0 spiro atoms. The zero-order valence-electron chi connectivity index (χ0n) is 10.8. The Balaban J connectivity index is 2.13. The summed E-state index contributed by atoms with van der Waals surface area (Å²) in [7, 11) is 1.55. The summed E-state index contributed by atoms with van der Waals surface area (Å²) in [5.74, 6) is 0.867. The molecule has 0 saturated carbocycles. The third-order valence-electron chi connectivity index (χ3n) is 2.46. The lowest BCUT2D eigenvalue weighted by Crippen LogP contribution is -2.11. The second kappa shape index (κ2) is 6.59. The van der Waals surface area contributed by atoms with E-state index in [0.29, 0.717) is 22.1 Å². The molecule has 2 rings (SSSR count). The van der Waals surface area contributed by atoms with Crippen LogP contribution < -0.4 is 14.8 Å². The second-order valence-corrected chi connectivity index (χ2v) is 4.66. The SMILES string of the molecule is COc1csc(C(=O)Nc2ccccc2OCC#N)c1. The van der Waals surface area contributed by atoms with Crippen molar-refractivity contribution in [2.24, 2.45) is 0 Å². The first-order chi connectivity index (χ1) is 9.74. The number of nitrogens with one attached hydrogen (secondary N) is 1. The number of anilines is 1. The summed E-state index contributed by atoms with van der Waals surface area (Å²) in [4.78, 5) is 12.6. The molecule has 5 nitrogen and oxygen atoms in total. The zero-order valence-corrected chi connectivity index (χ0v) is 11.6. The van der Waals surface area contributed by atoms with Crippen LogP contribution in [-0.4, -0.2) is 19.6 Å². The predicted molar refractivity (Wildman–Crippen MR) is 76.4 cm³/mol. The fourth-order valence-electron chi connectivity index (χ4n) is 1.53. The van der Waals surface area contributed by atoms with E-state index in [1.165, 1.54) is 11.3 Å². The van der Waals surface area contributed by atoms with Gasteiger partial charge in [0.15, 0.2) is 6.61 Å². The first kappa shape index (κ1) is 13.9. The Hall–Kier alpha value is -2.52. The van der Waals surface area contributed by atoms with Crippen molar-refractivity contribution in [1.82, 2.24) is 0 Å². The number of para-hydroxylation sites is 2. The molecule has 0 radical (unpaired) electrons. The molecule has 1 aromatic carbocycles. The molecular weight excluding hydrogens is 276 g/mol. The summed E-state index contributed by atoms with van der Waals surface area (Å²) in [6, 6.07) is 10.5. The van der Waals surface area contributed by atoms with Crippen LogP contribution in [0.1, 0.15) is 9.67 Å². The topological polar surface area (TPSA) is 71.3 Å². The minimum Gasteiger partial charge on any atom is -0.496 e. The predicted octanol–water partition coefficient (Wildman–Crippen LogP) is 2.91. The standard InChI is InChI=1S/C14H12N2O3S/c1-18-10-8-13(20-9-10)14(17)16-11-4-2-3-5-12(11)19-7-6-15/h2-5,8-9H,7H2,1H3,(H,16,17). The highest BCUT2D eigenvalue weighted by molar-refractivity contribution is 7.12. The molecule has 6 heteroatoms. The van der Waals surface area contributed by atoms with Crippen molar-refractivity contribution in [1.29, 1.82) is 5.26 Å². The van der Waals surface area contributed by atoms with Gasteiger partial charge in [-0.05, 0) is 12.1 Å². The molecular formula is C14H12N2O3S. The minimum absolute atomic E-state index is 0.0697. The molecule has 0 saturated heterocycles. The van der Waals surface area contributed by atoms with Crippen LogP contribution in [-0.2, 0) is 0 Å². The Bertz CT molecular complexity index is 646. The van der Waals surface area contributed by atoms with E-state index in [1.54, 1.807) is 42.8 Å². The monoisotopic (exact) mass is 288 g/mol. The maximum absolute atomic E-state index is 12.1. The number of carbonyl (C=O) groups is 1. The molecule has 1 aromatic heterocycles. The molecule has 2 aromatic rings. The number of ether oxygens (including phenoxy) is 2. The van der Waals surface area contributed by atoms with E-state index in [4.69, 9.17) is 14.7 Å². The van der Waals surface area contributed by atoms with Crippen LogP contribution in [0.3, 0.4) is 0 Å². The summed E-state index contributed by atoms with van der Waals surface area (Å²) >= 11 is 1.29. The second-order valence-electron chi connectivity index (χ2n) is 3.75. The smallest absolute Gasteiger partial charge is 0.265 e. The van der Waals surface area contributed by atoms with Gasteiger partial charge >= 0.3 is 0 Å². The maximum Gasteiger partial charge on any atom is 0.265 e. The van der Waals surface area contributed by atoms with Gasteiger partial charge in [-0.25, -0.2) is 0 Å². The van der Waals surface area contributed by atoms with Crippen LogP contribution in [0.25, 0.3) is 0 Å². The number of rotatable bonds is 5. The molecule has 0 unspecified atom stereocenters. The Morgan fingerprint density at radius 3 is 2.95 bits per heavy atom. The maximum atomic E-state index is 12.1. The highest BCUT2D eigenvalue weighted by Gasteiger charge is 2.12. The van der Waals surface area contributed by atoms with E-state index in [9.17, 15) is 4.79 Å². The number of nitriles is 1. The van der Waals surface area contributed by atoms with Gasteiger partial charge < -0.3 is 14.8 Å². The number of benzene rings is 1. The fourth-order valence-corrected chi connectivity index (χ4v) is 2.28. The Morgan fingerprint density at radius 2 is 2.25 bits per heavy atom. The number of nitrogens with zero attached hydrogens (tertiary/aromatic N) is 1. The number of carbonyl (C=O) groups excluding carboxylic acids is 1. The summed E-state index contributed by atoms with van der Waals surface area (Å²) < 4.78 is 10.3. The van der Waals surface area contributed by atoms with E-state index in [0.717, 1.165) is 0 Å². The lowest BCUT2D eigenvalue weighted by molar-refractivity contribution is 0.103. The minimum atomic E-state index is -0.244.